The average molecular weight is 160 g/mol. The van der Waals surface area contributed by atoms with Crippen LogP contribution in [0.4, 0.5) is 0 Å². The first-order valence-electron chi connectivity index (χ1n) is 3.32. The zero-order chi connectivity index (χ0) is 8.69. The van der Waals surface area contributed by atoms with Crippen LogP contribution in [0.15, 0.2) is 0 Å². The van der Waals surface area contributed by atoms with Gasteiger partial charge >= 0.3 is 0 Å². The summed E-state index contributed by atoms with van der Waals surface area (Å²) >= 11 is 0. The third-order valence-electron chi connectivity index (χ3n) is 0.992. The van der Waals surface area contributed by atoms with Crippen LogP contribution in [-0.4, -0.2) is 30.1 Å². The molecular weight excluding hydrogens is 148 g/mol. The summed E-state index contributed by atoms with van der Waals surface area (Å²) in [5, 5.41) is 10.7. The molecular formula is C6H12N2O3. The Morgan fingerprint density at radius 1 is 1.45 bits per heavy atom. The van der Waals surface area contributed by atoms with E-state index in [1.54, 1.807) is 0 Å². The van der Waals surface area contributed by atoms with Crippen LogP contribution in [0.5, 0.6) is 0 Å². The van der Waals surface area contributed by atoms with Gasteiger partial charge in [-0.25, -0.2) is 0 Å². The largest absolute Gasteiger partial charge is 0.396 e. The standard InChI is InChI=1S/C6H12N2O3/c7-5(10)4-6(11)8-2-1-3-9/h9H,1-4H2,(H2,7,10)(H,8,11). The van der Waals surface area contributed by atoms with Crippen molar-refractivity contribution in [3.63, 3.8) is 0 Å². The number of nitrogens with one attached hydrogen (secondary N) is 1. The Labute approximate surface area is 64.6 Å². The number of nitrogens with two attached hydrogens (primary N) is 1. The summed E-state index contributed by atoms with van der Waals surface area (Å²) in [6.45, 7) is 0.402. The molecule has 0 rings (SSSR count). The lowest BCUT2D eigenvalue weighted by Crippen LogP contribution is -2.29. The maximum atomic E-state index is 10.6. The SMILES string of the molecule is NC(=O)CC(=O)NCCCO. The number of hydrogen-bond acceptors (Lipinski definition) is 3. The summed E-state index contributed by atoms with van der Waals surface area (Å²) in [6, 6.07) is 0. The fourth-order valence-electron chi connectivity index (χ4n) is 0.528. The molecule has 0 radical (unpaired) electrons. The van der Waals surface area contributed by atoms with Gasteiger partial charge in [-0.15, -0.1) is 0 Å². The normalized spacial score (nSPS) is 9.18. The van der Waals surface area contributed by atoms with Gasteiger partial charge < -0.3 is 16.2 Å². The number of carbonyl (C=O) groups is 2. The molecule has 0 spiro atoms. The van der Waals surface area contributed by atoms with Crippen LogP contribution < -0.4 is 11.1 Å². The van der Waals surface area contributed by atoms with Crippen LogP contribution in [0.1, 0.15) is 12.8 Å². The first-order valence-corrected chi connectivity index (χ1v) is 3.32. The van der Waals surface area contributed by atoms with Crippen LogP contribution in [0.25, 0.3) is 0 Å². The van der Waals surface area contributed by atoms with Crippen LogP contribution in [-0.2, 0) is 9.59 Å². The second-order valence-corrected chi connectivity index (χ2v) is 2.07. The maximum absolute atomic E-state index is 10.6. The van der Waals surface area contributed by atoms with E-state index in [1.807, 2.05) is 0 Å². The van der Waals surface area contributed by atoms with Crippen molar-refractivity contribution in [3.05, 3.63) is 0 Å². The molecule has 11 heavy (non-hydrogen) atoms. The Morgan fingerprint density at radius 3 is 2.55 bits per heavy atom. The summed E-state index contributed by atoms with van der Waals surface area (Å²) < 4.78 is 0. The monoisotopic (exact) mass is 160 g/mol. The van der Waals surface area contributed by atoms with E-state index in [4.69, 9.17) is 10.8 Å². The van der Waals surface area contributed by atoms with Crippen molar-refractivity contribution in [2.45, 2.75) is 12.8 Å². The molecule has 0 aromatic rings. The molecule has 0 aliphatic rings. The molecule has 0 atom stereocenters. The molecule has 0 aromatic heterocycles. The van der Waals surface area contributed by atoms with Crippen molar-refractivity contribution in [1.82, 2.24) is 5.32 Å². The molecule has 0 aliphatic heterocycles. The van der Waals surface area contributed by atoms with Gasteiger partial charge in [0.05, 0.1) is 0 Å². The van der Waals surface area contributed by atoms with Crippen LogP contribution in [0.2, 0.25) is 0 Å². The zero-order valence-electron chi connectivity index (χ0n) is 6.17. The van der Waals surface area contributed by atoms with E-state index < -0.39 is 11.8 Å². The highest BCUT2D eigenvalue weighted by Crippen LogP contribution is 1.78. The molecule has 4 N–H and O–H groups in total. The number of rotatable bonds is 5. The van der Waals surface area contributed by atoms with E-state index in [9.17, 15) is 9.59 Å². The van der Waals surface area contributed by atoms with Crippen LogP contribution in [0.3, 0.4) is 0 Å². The number of aliphatic hydroxyl groups is 1. The highest BCUT2D eigenvalue weighted by atomic mass is 16.3. The molecule has 0 saturated heterocycles. The Morgan fingerprint density at radius 2 is 2.09 bits per heavy atom. The summed E-state index contributed by atoms with van der Waals surface area (Å²) in [7, 11) is 0. The number of hydrogen-bond donors (Lipinski definition) is 3. The Kier molecular flexibility index (Phi) is 5.10. The molecule has 0 unspecified atom stereocenters. The van der Waals surface area contributed by atoms with Gasteiger partial charge in [0.1, 0.15) is 6.42 Å². The van der Waals surface area contributed by atoms with Crippen molar-refractivity contribution in [2.75, 3.05) is 13.2 Å². The quantitative estimate of drug-likeness (QED) is 0.332. The molecule has 0 aromatic carbocycles. The van der Waals surface area contributed by atoms with Gasteiger partial charge in [0.15, 0.2) is 0 Å². The van der Waals surface area contributed by atoms with Gasteiger partial charge in [0.25, 0.3) is 0 Å². The molecule has 2 amide bonds. The van der Waals surface area contributed by atoms with Gasteiger partial charge in [-0.2, -0.15) is 0 Å². The van der Waals surface area contributed by atoms with E-state index in [-0.39, 0.29) is 13.0 Å². The van der Waals surface area contributed by atoms with E-state index >= 15 is 0 Å². The summed E-state index contributed by atoms with van der Waals surface area (Å²) in [5.41, 5.74) is 4.75. The second kappa shape index (κ2) is 5.67. The molecule has 0 heterocycles. The Balaban J connectivity index is 3.30. The first-order chi connectivity index (χ1) is 5.16. The second-order valence-electron chi connectivity index (χ2n) is 2.07. The third kappa shape index (κ3) is 6.79. The lowest BCUT2D eigenvalue weighted by Gasteiger charge is -2.00. The number of primary amides is 1. The minimum atomic E-state index is -0.647. The van der Waals surface area contributed by atoms with Crippen LogP contribution >= 0.6 is 0 Å². The van der Waals surface area contributed by atoms with Crippen molar-refractivity contribution >= 4 is 11.8 Å². The number of carbonyl (C=O) groups excluding carboxylic acids is 2. The molecule has 0 fully saturated rings. The molecule has 64 valence electrons. The minimum absolute atomic E-state index is 0.0247. The molecule has 0 aliphatic carbocycles. The van der Waals surface area contributed by atoms with E-state index in [0.717, 1.165) is 0 Å². The zero-order valence-corrected chi connectivity index (χ0v) is 6.17. The van der Waals surface area contributed by atoms with E-state index in [1.165, 1.54) is 0 Å². The predicted molar refractivity (Wildman–Crippen MR) is 38.5 cm³/mol. The minimum Gasteiger partial charge on any atom is -0.396 e. The summed E-state index contributed by atoms with van der Waals surface area (Å²) in [5.74, 6) is -1.04. The first kappa shape index (κ1) is 9.90. The molecule has 5 nitrogen and oxygen atoms in total. The van der Waals surface area contributed by atoms with Crippen molar-refractivity contribution < 1.29 is 14.7 Å². The number of amides is 2. The van der Waals surface area contributed by atoms with E-state index in [0.29, 0.717) is 13.0 Å². The average Bonchev–Trinajstić information content (AvgIpc) is 1.86. The van der Waals surface area contributed by atoms with Gasteiger partial charge in [0, 0.05) is 13.2 Å². The van der Waals surface area contributed by atoms with Crippen LogP contribution in [0, 0.1) is 0 Å². The van der Waals surface area contributed by atoms with Crippen molar-refractivity contribution in [3.8, 4) is 0 Å². The van der Waals surface area contributed by atoms with E-state index in [2.05, 4.69) is 5.32 Å². The topological polar surface area (TPSA) is 92.4 Å². The molecule has 0 bridgehead atoms. The maximum Gasteiger partial charge on any atom is 0.229 e. The lowest BCUT2D eigenvalue weighted by molar-refractivity contribution is -0.127. The van der Waals surface area contributed by atoms with Gasteiger partial charge in [-0.05, 0) is 6.42 Å². The smallest absolute Gasteiger partial charge is 0.229 e. The van der Waals surface area contributed by atoms with Gasteiger partial charge in [-0.1, -0.05) is 0 Å². The third-order valence-corrected chi connectivity index (χ3v) is 0.992. The molecule has 5 heteroatoms. The fraction of sp³-hybridized carbons (Fsp3) is 0.667. The fourth-order valence-corrected chi connectivity index (χ4v) is 0.528. The Hall–Kier alpha value is -1.10. The van der Waals surface area contributed by atoms with Crippen molar-refractivity contribution in [1.29, 1.82) is 0 Å². The van der Waals surface area contributed by atoms with Gasteiger partial charge in [0.2, 0.25) is 11.8 Å². The Bertz CT molecular complexity index is 147. The highest BCUT2D eigenvalue weighted by Gasteiger charge is 2.03. The summed E-state index contributed by atoms with van der Waals surface area (Å²) in [4.78, 5) is 20.8. The number of aliphatic hydroxyl groups excluding tert-OH is 1. The van der Waals surface area contributed by atoms with Gasteiger partial charge in [-0.3, -0.25) is 9.59 Å². The molecule has 0 saturated carbocycles. The highest BCUT2D eigenvalue weighted by molar-refractivity contribution is 5.95. The van der Waals surface area contributed by atoms with Crippen molar-refractivity contribution in [2.24, 2.45) is 5.73 Å². The summed E-state index contributed by atoms with van der Waals surface area (Å²) in [6.07, 6.45) is 0.204. The predicted octanol–water partition coefficient (Wildman–Crippen LogP) is -1.64. The lowest BCUT2D eigenvalue weighted by atomic mass is 10.3.